The van der Waals surface area contributed by atoms with Gasteiger partial charge in [-0.15, -0.1) is 0 Å². The van der Waals surface area contributed by atoms with Gasteiger partial charge in [-0.2, -0.15) is 17.5 Å². The summed E-state index contributed by atoms with van der Waals surface area (Å²) in [7, 11) is -3.93. The van der Waals surface area contributed by atoms with Gasteiger partial charge >= 0.3 is 6.18 Å². The van der Waals surface area contributed by atoms with E-state index in [4.69, 9.17) is 4.52 Å². The molecule has 30 heavy (non-hydrogen) atoms. The smallest absolute Gasteiger partial charge is 0.336 e. The summed E-state index contributed by atoms with van der Waals surface area (Å²) in [4.78, 5) is 3.91. The van der Waals surface area contributed by atoms with Gasteiger partial charge in [0, 0.05) is 24.7 Å². The molecule has 4 rings (SSSR count). The van der Waals surface area contributed by atoms with E-state index in [1.807, 2.05) is 0 Å². The standard InChI is InChI=1S/C19H17F4N3O3S/c1-11-9-15(19(21,22)23)16-17(25-29-18(16)24-11)12-3-2-8-26(10-12)30(27,28)14-6-4-13(20)5-7-14/h4-7,9,12H,2-3,8,10H2,1H3/t12-/m1/s1. The van der Waals surface area contributed by atoms with Crippen LogP contribution >= 0.6 is 0 Å². The lowest BCUT2D eigenvalue weighted by atomic mass is 9.93. The van der Waals surface area contributed by atoms with Crippen molar-refractivity contribution in [2.45, 2.75) is 36.8 Å². The Morgan fingerprint density at radius 3 is 2.57 bits per heavy atom. The first kappa shape index (κ1) is 20.7. The summed E-state index contributed by atoms with van der Waals surface area (Å²) in [6.45, 7) is 1.57. The molecule has 3 aromatic rings. The van der Waals surface area contributed by atoms with Crippen molar-refractivity contribution >= 4 is 21.1 Å². The van der Waals surface area contributed by atoms with E-state index in [0.29, 0.717) is 12.8 Å². The Balaban J connectivity index is 1.72. The van der Waals surface area contributed by atoms with Crippen LogP contribution in [0.15, 0.2) is 39.8 Å². The Kier molecular flexibility index (Phi) is 5.05. The van der Waals surface area contributed by atoms with Crippen molar-refractivity contribution in [3.05, 3.63) is 53.1 Å². The quantitative estimate of drug-likeness (QED) is 0.566. The average molecular weight is 443 g/mol. The molecule has 0 N–H and O–H groups in total. The minimum Gasteiger partial charge on any atom is -0.336 e. The molecule has 0 unspecified atom stereocenters. The van der Waals surface area contributed by atoms with Crippen LogP contribution < -0.4 is 0 Å². The molecule has 1 aliphatic rings. The predicted molar refractivity (Wildman–Crippen MR) is 98.7 cm³/mol. The number of fused-ring (bicyclic) bond motifs is 1. The number of alkyl halides is 3. The van der Waals surface area contributed by atoms with E-state index < -0.39 is 33.5 Å². The van der Waals surface area contributed by atoms with Crippen LogP contribution in [0.1, 0.15) is 35.7 Å². The molecule has 0 amide bonds. The molecule has 0 radical (unpaired) electrons. The van der Waals surface area contributed by atoms with Crippen molar-refractivity contribution in [1.29, 1.82) is 0 Å². The van der Waals surface area contributed by atoms with Gasteiger partial charge in [0.25, 0.3) is 5.71 Å². The Bertz CT molecular complexity index is 1190. The fourth-order valence-electron chi connectivity index (χ4n) is 3.74. The van der Waals surface area contributed by atoms with Crippen molar-refractivity contribution < 1.29 is 30.5 Å². The Labute approximate surface area is 169 Å². The second-order valence-corrected chi connectivity index (χ2v) is 9.15. The van der Waals surface area contributed by atoms with Crippen LogP contribution in [0.4, 0.5) is 17.6 Å². The van der Waals surface area contributed by atoms with E-state index in [2.05, 4.69) is 10.1 Å². The molecule has 6 nitrogen and oxygen atoms in total. The molecule has 3 heterocycles. The maximum Gasteiger partial charge on any atom is 0.417 e. The summed E-state index contributed by atoms with van der Waals surface area (Å²) >= 11 is 0. The molecule has 1 saturated heterocycles. The van der Waals surface area contributed by atoms with Crippen LogP contribution in [-0.2, 0) is 16.2 Å². The van der Waals surface area contributed by atoms with Gasteiger partial charge in [-0.05, 0) is 50.1 Å². The molecule has 1 aliphatic heterocycles. The zero-order valence-electron chi connectivity index (χ0n) is 15.8. The molecule has 1 atom stereocenters. The second-order valence-electron chi connectivity index (χ2n) is 7.21. The summed E-state index contributed by atoms with van der Waals surface area (Å²) in [6, 6.07) is 5.34. The van der Waals surface area contributed by atoms with Crippen LogP contribution in [0, 0.1) is 12.7 Å². The maximum absolute atomic E-state index is 13.6. The normalized spacial score (nSPS) is 18.8. The van der Waals surface area contributed by atoms with Crippen molar-refractivity contribution in [3.63, 3.8) is 0 Å². The highest BCUT2D eigenvalue weighted by Gasteiger charge is 2.39. The number of aryl methyl sites for hydroxylation is 1. The first-order chi connectivity index (χ1) is 14.1. The van der Waals surface area contributed by atoms with Crippen LogP contribution in [0.5, 0.6) is 0 Å². The monoisotopic (exact) mass is 443 g/mol. The van der Waals surface area contributed by atoms with Gasteiger partial charge in [0.1, 0.15) is 5.82 Å². The van der Waals surface area contributed by atoms with Gasteiger partial charge in [-0.3, -0.25) is 0 Å². The highest BCUT2D eigenvalue weighted by molar-refractivity contribution is 7.89. The van der Waals surface area contributed by atoms with Gasteiger partial charge in [0.2, 0.25) is 10.0 Å². The molecule has 0 aliphatic carbocycles. The van der Waals surface area contributed by atoms with Crippen molar-refractivity contribution in [1.82, 2.24) is 14.4 Å². The summed E-state index contributed by atoms with van der Waals surface area (Å²) in [5, 5.41) is 3.59. The fourth-order valence-corrected chi connectivity index (χ4v) is 5.26. The summed E-state index contributed by atoms with van der Waals surface area (Å²) in [5.74, 6) is -1.16. The third kappa shape index (κ3) is 3.67. The van der Waals surface area contributed by atoms with Crippen LogP contribution in [0.25, 0.3) is 11.1 Å². The summed E-state index contributed by atoms with van der Waals surface area (Å²) in [6.07, 6.45) is -3.76. The van der Waals surface area contributed by atoms with Crippen molar-refractivity contribution in [3.8, 4) is 0 Å². The van der Waals surface area contributed by atoms with Gasteiger partial charge in [-0.25, -0.2) is 17.8 Å². The molecule has 11 heteroatoms. The number of sulfonamides is 1. The van der Waals surface area contributed by atoms with Crippen molar-refractivity contribution in [2.75, 3.05) is 13.1 Å². The lowest BCUT2D eigenvalue weighted by molar-refractivity contribution is -0.136. The van der Waals surface area contributed by atoms with Gasteiger partial charge < -0.3 is 4.52 Å². The van der Waals surface area contributed by atoms with Crippen molar-refractivity contribution in [2.24, 2.45) is 0 Å². The Hall–Kier alpha value is -2.53. The number of halogens is 4. The van der Waals surface area contributed by atoms with Gasteiger partial charge in [0.15, 0.2) is 0 Å². The maximum atomic E-state index is 13.6. The number of rotatable bonds is 3. The van der Waals surface area contributed by atoms with E-state index in [-0.39, 0.29) is 40.5 Å². The van der Waals surface area contributed by atoms with E-state index >= 15 is 0 Å². The average Bonchev–Trinajstić information content (AvgIpc) is 3.10. The molecular weight excluding hydrogens is 426 g/mol. The van der Waals surface area contributed by atoms with Crippen LogP contribution in [-0.4, -0.2) is 36.0 Å². The molecule has 0 spiro atoms. The zero-order chi connectivity index (χ0) is 21.7. The number of piperidine rings is 1. The molecule has 1 aromatic carbocycles. The number of nitrogens with zero attached hydrogens (tertiary/aromatic N) is 3. The largest absolute Gasteiger partial charge is 0.417 e. The zero-order valence-corrected chi connectivity index (χ0v) is 16.6. The number of benzene rings is 1. The topological polar surface area (TPSA) is 76.3 Å². The molecule has 160 valence electrons. The lowest BCUT2D eigenvalue weighted by Gasteiger charge is -2.31. The molecule has 2 aromatic heterocycles. The lowest BCUT2D eigenvalue weighted by Crippen LogP contribution is -2.39. The number of hydrogen-bond donors (Lipinski definition) is 0. The Morgan fingerprint density at radius 2 is 1.90 bits per heavy atom. The van der Waals surface area contributed by atoms with Crippen LogP contribution in [0.2, 0.25) is 0 Å². The minimum absolute atomic E-state index is 0.0452. The molecule has 0 bridgehead atoms. The van der Waals surface area contributed by atoms with Crippen LogP contribution in [0.3, 0.4) is 0 Å². The highest BCUT2D eigenvalue weighted by atomic mass is 32.2. The predicted octanol–water partition coefficient (Wildman–Crippen LogP) is 4.26. The number of hydrogen-bond acceptors (Lipinski definition) is 5. The number of aromatic nitrogens is 2. The first-order valence-electron chi connectivity index (χ1n) is 9.17. The SMILES string of the molecule is Cc1cc(C(F)(F)F)c2c([C@@H]3CCCN(S(=O)(=O)c4ccc(F)cc4)C3)noc2n1. The van der Waals surface area contributed by atoms with E-state index in [1.54, 1.807) is 0 Å². The molecular formula is C19H17F4N3O3S. The Morgan fingerprint density at radius 1 is 1.20 bits per heavy atom. The third-order valence-corrected chi connectivity index (χ3v) is 7.01. The van der Waals surface area contributed by atoms with E-state index in [0.717, 1.165) is 30.3 Å². The number of pyridine rings is 1. The first-order valence-corrected chi connectivity index (χ1v) is 10.6. The van der Waals surface area contributed by atoms with E-state index in [9.17, 15) is 26.0 Å². The summed E-state index contributed by atoms with van der Waals surface area (Å²) < 4.78 is 86.1. The third-order valence-electron chi connectivity index (χ3n) is 5.13. The minimum atomic E-state index is -4.64. The second kappa shape index (κ2) is 7.31. The van der Waals surface area contributed by atoms with Gasteiger partial charge in [-0.1, -0.05) is 5.16 Å². The summed E-state index contributed by atoms with van der Waals surface area (Å²) in [5.41, 5.74) is -0.943. The molecule has 1 fully saturated rings. The molecule has 0 saturated carbocycles. The van der Waals surface area contributed by atoms with Gasteiger partial charge in [0.05, 0.1) is 21.5 Å². The highest BCUT2D eigenvalue weighted by Crippen LogP contribution is 2.40. The van der Waals surface area contributed by atoms with E-state index in [1.165, 1.54) is 11.2 Å². The fraction of sp³-hybridized carbons (Fsp3) is 0.368.